The van der Waals surface area contributed by atoms with E-state index in [1.54, 1.807) is 23.1 Å². The maximum absolute atomic E-state index is 14.5. The summed E-state index contributed by atoms with van der Waals surface area (Å²) in [6.45, 7) is 2.36. The Morgan fingerprint density at radius 1 is 1.36 bits per heavy atom. The fourth-order valence-corrected chi connectivity index (χ4v) is 1.84. The third-order valence-electron chi connectivity index (χ3n) is 2.72. The van der Waals surface area contributed by atoms with E-state index >= 15 is 0 Å². The van der Waals surface area contributed by atoms with Gasteiger partial charge in [-0.3, -0.25) is 4.90 Å². The second-order valence-corrected chi connectivity index (χ2v) is 3.60. The smallest absolute Gasteiger partial charge is 0.202 e. The molecule has 1 heterocycles. The van der Waals surface area contributed by atoms with Crippen LogP contribution in [0.5, 0.6) is 0 Å². The third-order valence-corrected chi connectivity index (χ3v) is 2.72. The molecule has 2 atom stereocenters. The van der Waals surface area contributed by atoms with Gasteiger partial charge in [0.25, 0.3) is 0 Å². The lowest BCUT2D eigenvalue weighted by Gasteiger charge is -2.41. The van der Waals surface area contributed by atoms with E-state index in [9.17, 15) is 4.39 Å². The molecular weight excluding hydrogens is 183 g/mol. The van der Waals surface area contributed by atoms with E-state index in [1.165, 1.54) is 6.08 Å². The first-order valence-electron chi connectivity index (χ1n) is 4.87. The van der Waals surface area contributed by atoms with Gasteiger partial charge < -0.3 is 10.5 Å². The van der Waals surface area contributed by atoms with Crippen molar-refractivity contribution in [3.8, 4) is 0 Å². The van der Waals surface area contributed by atoms with Crippen LogP contribution in [0, 0.1) is 0 Å². The minimum absolute atomic E-state index is 0.578. The molecule has 2 aliphatic rings. The number of ether oxygens (including phenoxy) is 1. The summed E-state index contributed by atoms with van der Waals surface area (Å²) in [5, 5.41) is 0. The van der Waals surface area contributed by atoms with Gasteiger partial charge >= 0.3 is 0 Å². The third kappa shape index (κ3) is 1.61. The molecule has 2 rings (SSSR count). The first-order chi connectivity index (χ1) is 6.73. The lowest BCUT2D eigenvalue weighted by molar-refractivity contribution is -0.0664. The minimum atomic E-state index is -1.53. The van der Waals surface area contributed by atoms with Crippen LogP contribution in [0.15, 0.2) is 24.3 Å². The van der Waals surface area contributed by atoms with E-state index in [-0.39, 0.29) is 0 Å². The Hall–Kier alpha value is -0.710. The number of hydrogen-bond donors (Lipinski definition) is 1. The highest BCUT2D eigenvalue weighted by Gasteiger charge is 2.40. The van der Waals surface area contributed by atoms with Crippen LogP contribution in [-0.2, 0) is 4.74 Å². The maximum Gasteiger partial charge on any atom is 0.202 e. The van der Waals surface area contributed by atoms with E-state index in [4.69, 9.17) is 10.5 Å². The number of rotatable bonds is 1. The molecule has 2 N–H and O–H groups in total. The van der Waals surface area contributed by atoms with Crippen LogP contribution in [-0.4, -0.2) is 43.0 Å². The molecule has 0 aromatic rings. The van der Waals surface area contributed by atoms with Gasteiger partial charge in [0.15, 0.2) is 0 Å². The van der Waals surface area contributed by atoms with Crippen LogP contribution >= 0.6 is 0 Å². The molecule has 0 aromatic heterocycles. The van der Waals surface area contributed by atoms with Gasteiger partial charge in [-0.1, -0.05) is 18.2 Å². The van der Waals surface area contributed by atoms with Gasteiger partial charge in [-0.15, -0.1) is 0 Å². The Morgan fingerprint density at radius 2 is 2.07 bits per heavy atom. The standard InChI is InChI=1S/C10H15FN2O/c11-10(4-2-1-3-9(10)12)13-5-7-14-8-6-13/h1-4,9H,5-8,12H2. The molecule has 1 saturated heterocycles. The summed E-state index contributed by atoms with van der Waals surface area (Å²) in [5.41, 5.74) is 5.75. The lowest BCUT2D eigenvalue weighted by Crippen LogP contribution is -2.58. The van der Waals surface area contributed by atoms with E-state index in [0.29, 0.717) is 26.3 Å². The van der Waals surface area contributed by atoms with Crippen LogP contribution in [0.3, 0.4) is 0 Å². The summed E-state index contributed by atoms with van der Waals surface area (Å²) in [4.78, 5) is 1.74. The van der Waals surface area contributed by atoms with Crippen molar-refractivity contribution in [1.29, 1.82) is 0 Å². The van der Waals surface area contributed by atoms with Gasteiger partial charge in [0.05, 0.1) is 19.3 Å². The van der Waals surface area contributed by atoms with Crippen LogP contribution in [0.4, 0.5) is 4.39 Å². The van der Waals surface area contributed by atoms with Crippen molar-refractivity contribution in [2.75, 3.05) is 26.3 Å². The largest absolute Gasteiger partial charge is 0.379 e. The first-order valence-corrected chi connectivity index (χ1v) is 4.87. The van der Waals surface area contributed by atoms with Gasteiger partial charge in [0.2, 0.25) is 5.79 Å². The Morgan fingerprint density at radius 3 is 2.71 bits per heavy atom. The van der Waals surface area contributed by atoms with Crippen LogP contribution in [0.1, 0.15) is 0 Å². The Balaban J connectivity index is 2.13. The highest BCUT2D eigenvalue weighted by molar-refractivity contribution is 5.23. The molecule has 1 aliphatic heterocycles. The molecule has 0 bridgehead atoms. The summed E-state index contributed by atoms with van der Waals surface area (Å²) >= 11 is 0. The summed E-state index contributed by atoms with van der Waals surface area (Å²) in [7, 11) is 0. The second-order valence-electron chi connectivity index (χ2n) is 3.60. The summed E-state index contributed by atoms with van der Waals surface area (Å²) < 4.78 is 19.6. The van der Waals surface area contributed by atoms with Crippen molar-refractivity contribution >= 4 is 0 Å². The molecule has 1 fully saturated rings. The number of hydrogen-bond acceptors (Lipinski definition) is 3. The van der Waals surface area contributed by atoms with Crippen LogP contribution in [0.2, 0.25) is 0 Å². The van der Waals surface area contributed by atoms with Crippen LogP contribution < -0.4 is 5.73 Å². The predicted molar refractivity (Wildman–Crippen MR) is 52.5 cm³/mol. The molecule has 4 heteroatoms. The zero-order chi connectivity index (χ0) is 10.0. The summed E-state index contributed by atoms with van der Waals surface area (Å²) in [5.74, 6) is -1.53. The Kier molecular flexibility index (Phi) is 2.67. The number of allylic oxidation sites excluding steroid dienone is 2. The Labute approximate surface area is 83.0 Å². The number of nitrogens with two attached hydrogens (primary N) is 1. The molecule has 0 amide bonds. The van der Waals surface area contributed by atoms with Gasteiger partial charge in [0, 0.05) is 13.1 Å². The number of morpholine rings is 1. The highest BCUT2D eigenvalue weighted by atomic mass is 19.1. The van der Waals surface area contributed by atoms with E-state index in [0.717, 1.165) is 0 Å². The molecule has 0 aromatic carbocycles. The molecule has 0 saturated carbocycles. The van der Waals surface area contributed by atoms with Crippen LogP contribution in [0.25, 0.3) is 0 Å². The normalized spacial score (nSPS) is 38.9. The molecule has 78 valence electrons. The zero-order valence-electron chi connectivity index (χ0n) is 8.03. The molecule has 2 unspecified atom stereocenters. The molecule has 3 nitrogen and oxygen atoms in total. The van der Waals surface area contributed by atoms with E-state index in [2.05, 4.69) is 0 Å². The predicted octanol–water partition coefficient (Wildman–Crippen LogP) is 0.438. The molecule has 0 spiro atoms. The zero-order valence-corrected chi connectivity index (χ0v) is 8.03. The fraction of sp³-hybridized carbons (Fsp3) is 0.600. The number of halogens is 1. The van der Waals surface area contributed by atoms with Gasteiger partial charge in [-0.2, -0.15) is 0 Å². The monoisotopic (exact) mass is 198 g/mol. The topological polar surface area (TPSA) is 38.5 Å². The summed E-state index contributed by atoms with van der Waals surface area (Å²) in [6, 6.07) is -0.578. The maximum atomic E-state index is 14.5. The number of alkyl halides is 1. The molecule has 0 radical (unpaired) electrons. The molecule has 1 aliphatic carbocycles. The minimum Gasteiger partial charge on any atom is -0.379 e. The van der Waals surface area contributed by atoms with Gasteiger partial charge in [0.1, 0.15) is 0 Å². The highest BCUT2D eigenvalue weighted by Crippen LogP contribution is 2.27. The quantitative estimate of drug-likeness (QED) is 0.621. The van der Waals surface area contributed by atoms with Gasteiger partial charge in [-0.25, -0.2) is 4.39 Å². The average Bonchev–Trinajstić information content (AvgIpc) is 2.24. The van der Waals surface area contributed by atoms with Gasteiger partial charge in [-0.05, 0) is 6.08 Å². The second kappa shape index (κ2) is 3.81. The van der Waals surface area contributed by atoms with Crippen molar-refractivity contribution in [2.24, 2.45) is 5.73 Å². The lowest BCUT2D eigenvalue weighted by atomic mass is 9.99. The fourth-order valence-electron chi connectivity index (χ4n) is 1.84. The average molecular weight is 198 g/mol. The van der Waals surface area contributed by atoms with Crippen molar-refractivity contribution in [3.63, 3.8) is 0 Å². The SMILES string of the molecule is NC1C=CC=CC1(F)N1CCOCC1. The molecule has 14 heavy (non-hydrogen) atoms. The first kappa shape index (κ1) is 9.83. The van der Waals surface area contributed by atoms with Crippen molar-refractivity contribution < 1.29 is 9.13 Å². The van der Waals surface area contributed by atoms with Crippen molar-refractivity contribution in [2.45, 2.75) is 11.8 Å². The molecular formula is C10H15FN2O. The van der Waals surface area contributed by atoms with Crippen molar-refractivity contribution in [3.05, 3.63) is 24.3 Å². The van der Waals surface area contributed by atoms with Crippen molar-refractivity contribution in [1.82, 2.24) is 4.90 Å². The van der Waals surface area contributed by atoms with E-state index < -0.39 is 11.8 Å². The number of nitrogens with zero attached hydrogens (tertiary/aromatic N) is 1. The summed E-state index contributed by atoms with van der Waals surface area (Å²) in [6.07, 6.45) is 6.71. The van der Waals surface area contributed by atoms with E-state index in [1.807, 2.05) is 0 Å². The Bertz CT molecular complexity index is 261.